The van der Waals surface area contributed by atoms with E-state index < -0.39 is 5.97 Å². The van der Waals surface area contributed by atoms with Crippen molar-refractivity contribution in [1.82, 2.24) is 4.90 Å². The molecule has 2 heterocycles. The Labute approximate surface area is 219 Å². The van der Waals surface area contributed by atoms with Crippen molar-refractivity contribution >= 4 is 46.5 Å². The van der Waals surface area contributed by atoms with Gasteiger partial charge in [-0.25, -0.2) is 14.6 Å². The Kier molecular flexibility index (Phi) is 8.25. The van der Waals surface area contributed by atoms with E-state index in [4.69, 9.17) is 13.9 Å². The highest BCUT2D eigenvalue weighted by Crippen LogP contribution is 2.35. The van der Waals surface area contributed by atoms with E-state index in [0.29, 0.717) is 51.6 Å². The van der Waals surface area contributed by atoms with Crippen LogP contribution in [0.2, 0.25) is 0 Å². The third-order valence-electron chi connectivity index (χ3n) is 5.42. The number of amidine groups is 1. The standard InChI is InChI=1S/C28H26N2O6S/c1-4-14-35-27(33)19-9-6-8-18(15-19)23-13-12-22(36-23)17-24-25(31)30(5-2)28(37-24)29-21-11-7-10-20(16-21)26(32)34-3/h6-13,15-17H,4-5,14H2,1-3H3. The van der Waals surface area contributed by atoms with E-state index in [2.05, 4.69) is 4.99 Å². The molecule has 9 heteroatoms. The molecule has 37 heavy (non-hydrogen) atoms. The fourth-order valence-electron chi connectivity index (χ4n) is 3.59. The average Bonchev–Trinajstić information content (AvgIpc) is 3.51. The van der Waals surface area contributed by atoms with Crippen molar-refractivity contribution in [1.29, 1.82) is 0 Å². The van der Waals surface area contributed by atoms with Gasteiger partial charge in [0.15, 0.2) is 5.17 Å². The van der Waals surface area contributed by atoms with Crippen LogP contribution in [0.15, 0.2) is 75.0 Å². The van der Waals surface area contributed by atoms with Crippen LogP contribution >= 0.6 is 11.8 Å². The maximum Gasteiger partial charge on any atom is 0.338 e. The molecule has 8 nitrogen and oxygen atoms in total. The molecule has 2 aromatic carbocycles. The Morgan fingerprint density at radius 1 is 1.03 bits per heavy atom. The van der Waals surface area contributed by atoms with Crippen LogP contribution in [0.25, 0.3) is 17.4 Å². The Morgan fingerprint density at radius 2 is 1.78 bits per heavy atom. The minimum Gasteiger partial charge on any atom is -0.465 e. The van der Waals surface area contributed by atoms with Gasteiger partial charge in [-0.1, -0.05) is 25.1 Å². The Hall–Kier alpha value is -4.11. The summed E-state index contributed by atoms with van der Waals surface area (Å²) < 4.78 is 16.0. The highest BCUT2D eigenvalue weighted by atomic mass is 32.2. The lowest BCUT2D eigenvalue weighted by Crippen LogP contribution is -2.28. The van der Waals surface area contributed by atoms with Gasteiger partial charge in [0.2, 0.25) is 0 Å². The third-order valence-corrected chi connectivity index (χ3v) is 6.42. The topological polar surface area (TPSA) is 98.4 Å². The number of thioether (sulfide) groups is 1. The second kappa shape index (κ2) is 11.7. The maximum atomic E-state index is 13.0. The van der Waals surface area contributed by atoms with Crippen molar-refractivity contribution in [3.63, 3.8) is 0 Å². The smallest absolute Gasteiger partial charge is 0.338 e. The summed E-state index contributed by atoms with van der Waals surface area (Å²) in [4.78, 5) is 43.7. The Bertz CT molecular complexity index is 1390. The summed E-state index contributed by atoms with van der Waals surface area (Å²) in [5.74, 6) is 0.0355. The number of furan rings is 1. The number of likely N-dealkylation sites (N-methyl/N-ethyl adjacent to an activating group) is 1. The molecular formula is C28H26N2O6S. The number of hydrogen-bond acceptors (Lipinski definition) is 8. The lowest BCUT2D eigenvalue weighted by molar-refractivity contribution is -0.122. The molecule has 0 radical (unpaired) electrons. The largest absolute Gasteiger partial charge is 0.465 e. The first kappa shape index (κ1) is 26.0. The maximum absolute atomic E-state index is 13.0. The van der Waals surface area contributed by atoms with Crippen LogP contribution in [-0.2, 0) is 14.3 Å². The van der Waals surface area contributed by atoms with Crippen LogP contribution in [-0.4, -0.2) is 48.2 Å². The average molecular weight is 519 g/mol. The molecule has 0 bridgehead atoms. The molecule has 3 aromatic rings. The number of esters is 2. The number of carbonyl (C=O) groups excluding carboxylic acids is 3. The van der Waals surface area contributed by atoms with Gasteiger partial charge in [0.1, 0.15) is 11.5 Å². The van der Waals surface area contributed by atoms with Gasteiger partial charge >= 0.3 is 11.9 Å². The van der Waals surface area contributed by atoms with Crippen molar-refractivity contribution < 1.29 is 28.3 Å². The molecule has 1 aliphatic rings. The van der Waals surface area contributed by atoms with E-state index in [0.717, 1.165) is 12.0 Å². The van der Waals surface area contributed by atoms with Gasteiger partial charge in [0.25, 0.3) is 5.91 Å². The summed E-state index contributed by atoms with van der Waals surface area (Å²) in [6, 6.07) is 17.3. The normalized spacial score (nSPS) is 15.4. The molecule has 0 saturated carbocycles. The second-order valence-electron chi connectivity index (χ2n) is 8.02. The van der Waals surface area contributed by atoms with Crippen molar-refractivity contribution in [2.75, 3.05) is 20.3 Å². The molecule has 1 saturated heterocycles. The van der Waals surface area contributed by atoms with E-state index in [1.54, 1.807) is 65.6 Å². The summed E-state index contributed by atoms with van der Waals surface area (Å²) in [5.41, 5.74) is 2.09. The summed E-state index contributed by atoms with van der Waals surface area (Å²) in [5, 5.41) is 0.505. The molecule has 1 aromatic heterocycles. The Balaban J connectivity index is 1.56. The van der Waals surface area contributed by atoms with E-state index >= 15 is 0 Å². The molecule has 190 valence electrons. The summed E-state index contributed by atoms with van der Waals surface area (Å²) in [6.07, 6.45) is 2.42. The van der Waals surface area contributed by atoms with Crippen LogP contribution in [0, 0.1) is 0 Å². The van der Waals surface area contributed by atoms with E-state index in [1.807, 2.05) is 19.9 Å². The predicted octanol–water partition coefficient (Wildman–Crippen LogP) is 5.92. The highest BCUT2D eigenvalue weighted by molar-refractivity contribution is 8.18. The first-order valence-electron chi connectivity index (χ1n) is 11.8. The number of aliphatic imine (C=N–C) groups is 1. The van der Waals surface area contributed by atoms with Crippen LogP contribution in [0.3, 0.4) is 0 Å². The zero-order chi connectivity index (χ0) is 26.4. The third kappa shape index (κ3) is 6.00. The number of nitrogens with zero attached hydrogens (tertiary/aromatic N) is 2. The van der Waals surface area contributed by atoms with Gasteiger partial charge < -0.3 is 13.9 Å². The molecule has 1 amide bonds. The first-order valence-corrected chi connectivity index (χ1v) is 12.6. The van der Waals surface area contributed by atoms with E-state index in [-0.39, 0.29) is 11.9 Å². The van der Waals surface area contributed by atoms with Gasteiger partial charge in [0, 0.05) is 18.2 Å². The summed E-state index contributed by atoms with van der Waals surface area (Å²) >= 11 is 1.23. The SMILES string of the molecule is CCCOC(=O)c1cccc(-c2ccc(C=C3SC(=Nc4cccc(C(=O)OC)c4)N(CC)C3=O)o2)c1. The highest BCUT2D eigenvalue weighted by Gasteiger charge is 2.32. The number of ether oxygens (including phenoxy) is 2. The lowest BCUT2D eigenvalue weighted by Gasteiger charge is -2.12. The zero-order valence-corrected chi connectivity index (χ0v) is 21.5. The number of hydrogen-bond donors (Lipinski definition) is 0. The van der Waals surface area contributed by atoms with Gasteiger partial charge in [-0.3, -0.25) is 9.69 Å². The van der Waals surface area contributed by atoms with Crippen molar-refractivity contribution in [2.45, 2.75) is 20.3 Å². The second-order valence-corrected chi connectivity index (χ2v) is 9.02. The summed E-state index contributed by atoms with van der Waals surface area (Å²) in [6.45, 7) is 4.60. The molecule has 0 N–H and O–H groups in total. The van der Waals surface area contributed by atoms with Crippen LogP contribution in [0.4, 0.5) is 5.69 Å². The fourth-order valence-corrected chi connectivity index (χ4v) is 4.64. The minimum atomic E-state index is -0.456. The predicted molar refractivity (Wildman–Crippen MR) is 143 cm³/mol. The number of carbonyl (C=O) groups is 3. The van der Waals surface area contributed by atoms with Crippen LogP contribution in [0.1, 0.15) is 46.7 Å². The van der Waals surface area contributed by atoms with E-state index in [9.17, 15) is 14.4 Å². The molecule has 4 rings (SSSR count). The van der Waals surface area contributed by atoms with E-state index in [1.165, 1.54) is 18.9 Å². The van der Waals surface area contributed by atoms with Crippen LogP contribution < -0.4 is 0 Å². The molecule has 0 spiro atoms. The first-order chi connectivity index (χ1) is 17.9. The molecular weight excluding hydrogens is 492 g/mol. The fraction of sp³-hybridized carbons (Fsp3) is 0.214. The quantitative estimate of drug-likeness (QED) is 0.269. The van der Waals surface area contributed by atoms with Crippen LogP contribution in [0.5, 0.6) is 0 Å². The molecule has 1 aliphatic heterocycles. The van der Waals surface area contributed by atoms with Gasteiger partial charge in [-0.2, -0.15) is 0 Å². The van der Waals surface area contributed by atoms with Gasteiger partial charge in [0.05, 0.1) is 35.4 Å². The monoisotopic (exact) mass is 518 g/mol. The Morgan fingerprint density at radius 3 is 2.51 bits per heavy atom. The number of amides is 1. The zero-order valence-electron chi connectivity index (χ0n) is 20.7. The minimum absolute atomic E-state index is 0.186. The van der Waals surface area contributed by atoms with Gasteiger partial charge in [-0.15, -0.1) is 0 Å². The number of methoxy groups -OCH3 is 1. The molecule has 0 atom stereocenters. The van der Waals surface area contributed by atoms with Gasteiger partial charge in [-0.05, 0) is 67.6 Å². The molecule has 1 fully saturated rings. The van der Waals surface area contributed by atoms with Crippen molar-refractivity contribution in [3.05, 3.63) is 82.5 Å². The lowest BCUT2D eigenvalue weighted by atomic mass is 10.1. The number of benzene rings is 2. The molecule has 0 aliphatic carbocycles. The van der Waals surface area contributed by atoms with Crippen molar-refractivity contribution in [2.24, 2.45) is 4.99 Å². The number of rotatable bonds is 8. The molecule has 0 unspecified atom stereocenters. The van der Waals surface area contributed by atoms with Crippen molar-refractivity contribution in [3.8, 4) is 11.3 Å². The summed E-state index contributed by atoms with van der Waals surface area (Å²) in [7, 11) is 1.32.